The number of thioether (sulfide) groups is 1. The highest BCUT2D eigenvalue weighted by atomic mass is 35.5. The Balaban J connectivity index is 1.61. The van der Waals surface area contributed by atoms with Gasteiger partial charge in [0.2, 0.25) is 5.16 Å². The maximum atomic E-state index is 12.5. The number of halogens is 1. The minimum atomic E-state index is -0.205. The second-order valence-corrected chi connectivity index (χ2v) is 6.38. The fraction of sp³-hybridized carbons (Fsp3) is 0.0667. The smallest absolute Gasteiger partial charge is 0.267 e. The molecule has 0 amide bonds. The van der Waals surface area contributed by atoms with Gasteiger partial charge in [0.25, 0.3) is 5.56 Å². The van der Waals surface area contributed by atoms with Crippen LogP contribution in [0.15, 0.2) is 58.5 Å². The van der Waals surface area contributed by atoms with Gasteiger partial charge in [-0.05, 0) is 46.8 Å². The van der Waals surface area contributed by atoms with E-state index in [-0.39, 0.29) is 11.4 Å². The Bertz CT molecular complexity index is 1090. The molecule has 0 aliphatic rings. The second-order valence-electron chi connectivity index (χ2n) is 5.03. The van der Waals surface area contributed by atoms with Gasteiger partial charge in [-0.2, -0.15) is 9.36 Å². The highest BCUT2D eigenvalue weighted by Gasteiger charge is 2.11. The van der Waals surface area contributed by atoms with Crippen molar-refractivity contribution in [2.75, 3.05) is 0 Å². The summed E-state index contributed by atoms with van der Waals surface area (Å²) in [6, 6.07) is 14.2. The lowest BCUT2D eigenvalue weighted by Crippen LogP contribution is -2.23. The van der Waals surface area contributed by atoms with E-state index in [1.807, 2.05) is 18.2 Å². The Morgan fingerprint density at radius 1 is 1.00 bits per heavy atom. The summed E-state index contributed by atoms with van der Waals surface area (Å²) >= 11 is 7.18. The van der Waals surface area contributed by atoms with Crippen LogP contribution in [0.5, 0.6) is 0 Å². The van der Waals surface area contributed by atoms with Crippen molar-refractivity contribution in [2.45, 2.75) is 11.0 Å². The molecule has 0 N–H and O–H groups in total. The summed E-state index contributed by atoms with van der Waals surface area (Å²) in [5.41, 5.74) is 1.14. The maximum Gasteiger partial charge on any atom is 0.278 e. The molecule has 0 spiro atoms. The van der Waals surface area contributed by atoms with E-state index in [4.69, 9.17) is 11.6 Å². The van der Waals surface area contributed by atoms with Crippen molar-refractivity contribution in [1.29, 1.82) is 0 Å². The normalized spacial score (nSPS) is 11.1. The molecule has 0 unspecified atom stereocenters. The van der Waals surface area contributed by atoms with Crippen LogP contribution in [0.1, 0.15) is 0 Å². The standard InChI is InChI=1S/C15H10ClN7OS/c16-10-5-7-11(8-6-10)23-15(18-19-21-23)25-9-22-14(24)12-3-1-2-4-13(12)17-20-22/h1-8H,9H2. The fourth-order valence-electron chi connectivity index (χ4n) is 2.24. The number of hydrogen-bond acceptors (Lipinski definition) is 7. The first kappa shape index (κ1) is 15.7. The van der Waals surface area contributed by atoms with E-state index in [1.165, 1.54) is 16.4 Å². The number of fused-ring (bicyclic) bond motifs is 1. The van der Waals surface area contributed by atoms with E-state index in [1.54, 1.807) is 35.0 Å². The molecule has 0 saturated heterocycles. The Labute approximate surface area is 150 Å². The molecule has 4 rings (SSSR count). The van der Waals surface area contributed by atoms with Crippen LogP contribution in [0, 0.1) is 0 Å². The lowest BCUT2D eigenvalue weighted by molar-refractivity contribution is 0.642. The third-order valence-electron chi connectivity index (χ3n) is 3.46. The van der Waals surface area contributed by atoms with Crippen LogP contribution in [0.4, 0.5) is 0 Å². The highest BCUT2D eigenvalue weighted by molar-refractivity contribution is 7.98. The zero-order chi connectivity index (χ0) is 17.2. The van der Waals surface area contributed by atoms with Gasteiger partial charge in [0.15, 0.2) is 0 Å². The van der Waals surface area contributed by atoms with E-state index >= 15 is 0 Å². The zero-order valence-electron chi connectivity index (χ0n) is 12.7. The molecule has 0 aliphatic carbocycles. The average Bonchev–Trinajstić information content (AvgIpc) is 3.11. The first-order valence-electron chi connectivity index (χ1n) is 7.22. The third kappa shape index (κ3) is 3.11. The summed E-state index contributed by atoms with van der Waals surface area (Å²) < 4.78 is 2.86. The van der Waals surface area contributed by atoms with Crippen LogP contribution in [0.2, 0.25) is 5.02 Å². The van der Waals surface area contributed by atoms with Gasteiger partial charge >= 0.3 is 0 Å². The Hall–Kier alpha value is -2.78. The second kappa shape index (κ2) is 6.61. The van der Waals surface area contributed by atoms with Crippen LogP contribution in [0.25, 0.3) is 16.6 Å². The number of hydrogen-bond donors (Lipinski definition) is 0. The number of tetrazole rings is 1. The van der Waals surface area contributed by atoms with Crippen molar-refractivity contribution >= 4 is 34.3 Å². The molecule has 0 bridgehead atoms. The van der Waals surface area contributed by atoms with E-state index in [9.17, 15) is 4.79 Å². The number of rotatable bonds is 4. The summed E-state index contributed by atoms with van der Waals surface area (Å²) in [5, 5.41) is 21.4. The molecular weight excluding hydrogens is 362 g/mol. The molecule has 124 valence electrons. The van der Waals surface area contributed by atoms with Crippen molar-refractivity contribution in [3.05, 3.63) is 63.9 Å². The lowest BCUT2D eigenvalue weighted by atomic mass is 10.2. The predicted octanol–water partition coefficient (Wildman–Crippen LogP) is 2.17. The number of nitrogens with zero attached hydrogens (tertiary/aromatic N) is 7. The average molecular weight is 372 g/mol. The monoisotopic (exact) mass is 371 g/mol. The van der Waals surface area contributed by atoms with Crippen molar-refractivity contribution < 1.29 is 0 Å². The summed E-state index contributed by atoms with van der Waals surface area (Å²) in [4.78, 5) is 12.5. The Morgan fingerprint density at radius 2 is 1.80 bits per heavy atom. The first-order chi connectivity index (χ1) is 12.2. The SMILES string of the molecule is O=c1c2ccccc2nnn1CSc1nnnn1-c1ccc(Cl)cc1. The molecule has 0 aliphatic heterocycles. The van der Waals surface area contributed by atoms with Crippen LogP contribution in [0.3, 0.4) is 0 Å². The Morgan fingerprint density at radius 3 is 2.64 bits per heavy atom. The van der Waals surface area contributed by atoms with Crippen LogP contribution >= 0.6 is 23.4 Å². The van der Waals surface area contributed by atoms with Crippen molar-refractivity contribution in [3.63, 3.8) is 0 Å². The predicted molar refractivity (Wildman–Crippen MR) is 93.8 cm³/mol. The summed E-state index contributed by atoms with van der Waals surface area (Å²) in [6.45, 7) is 0. The van der Waals surface area contributed by atoms with Crippen LogP contribution in [-0.4, -0.2) is 35.2 Å². The summed E-state index contributed by atoms with van der Waals surface area (Å²) in [5.74, 6) is 0.241. The largest absolute Gasteiger partial charge is 0.278 e. The van der Waals surface area contributed by atoms with Crippen molar-refractivity contribution in [2.24, 2.45) is 0 Å². The van der Waals surface area contributed by atoms with Gasteiger partial charge in [-0.15, -0.1) is 10.2 Å². The van der Waals surface area contributed by atoms with Gasteiger partial charge < -0.3 is 0 Å². The lowest BCUT2D eigenvalue weighted by Gasteiger charge is -2.05. The topological polar surface area (TPSA) is 91.4 Å². The van der Waals surface area contributed by atoms with E-state index in [2.05, 4.69) is 25.8 Å². The molecule has 8 nitrogen and oxygen atoms in total. The van der Waals surface area contributed by atoms with Gasteiger partial charge in [-0.1, -0.05) is 40.7 Å². The van der Waals surface area contributed by atoms with Gasteiger partial charge in [-0.25, -0.2) is 0 Å². The van der Waals surface area contributed by atoms with Crippen molar-refractivity contribution in [3.8, 4) is 5.69 Å². The van der Waals surface area contributed by atoms with E-state index in [0.717, 1.165) is 5.69 Å². The highest BCUT2D eigenvalue weighted by Crippen LogP contribution is 2.20. The first-order valence-corrected chi connectivity index (χ1v) is 8.58. The molecule has 2 aromatic carbocycles. The molecule has 0 atom stereocenters. The Kier molecular flexibility index (Phi) is 4.16. The molecule has 4 aromatic rings. The molecule has 2 heterocycles. The molecule has 0 fully saturated rings. The summed E-state index contributed by atoms with van der Waals surface area (Å²) in [6.07, 6.45) is 0. The molecule has 2 aromatic heterocycles. The molecule has 0 radical (unpaired) electrons. The number of aromatic nitrogens is 7. The minimum Gasteiger partial charge on any atom is -0.267 e. The fourth-order valence-corrected chi connectivity index (χ4v) is 3.13. The molecule has 10 heteroatoms. The molecule has 0 saturated carbocycles. The number of benzene rings is 2. The zero-order valence-corrected chi connectivity index (χ0v) is 14.2. The molecular formula is C15H10ClN7OS. The molecule has 25 heavy (non-hydrogen) atoms. The van der Waals surface area contributed by atoms with Gasteiger partial charge in [0, 0.05) is 5.02 Å². The van der Waals surface area contributed by atoms with Crippen LogP contribution in [-0.2, 0) is 5.88 Å². The van der Waals surface area contributed by atoms with Crippen LogP contribution < -0.4 is 5.56 Å². The quantitative estimate of drug-likeness (QED) is 0.507. The third-order valence-corrected chi connectivity index (χ3v) is 4.60. The van der Waals surface area contributed by atoms with Crippen molar-refractivity contribution in [1.82, 2.24) is 35.2 Å². The van der Waals surface area contributed by atoms with E-state index < -0.39 is 0 Å². The van der Waals surface area contributed by atoms with Gasteiger partial charge in [0.1, 0.15) is 5.52 Å². The minimum absolute atomic E-state index is 0.205. The van der Waals surface area contributed by atoms with Gasteiger partial charge in [-0.3, -0.25) is 4.79 Å². The summed E-state index contributed by atoms with van der Waals surface area (Å²) in [7, 11) is 0. The maximum absolute atomic E-state index is 12.5. The van der Waals surface area contributed by atoms with Gasteiger partial charge in [0.05, 0.1) is 17.0 Å². The van der Waals surface area contributed by atoms with E-state index in [0.29, 0.717) is 21.1 Å².